The van der Waals surface area contributed by atoms with E-state index in [4.69, 9.17) is 14.2 Å². The number of ether oxygens (including phenoxy) is 3. The summed E-state index contributed by atoms with van der Waals surface area (Å²) in [5, 5.41) is 6.22. The molecule has 2 aromatic rings. The van der Waals surface area contributed by atoms with Gasteiger partial charge in [0.15, 0.2) is 12.0 Å². The number of carbonyl (C=O) groups excluding carboxylic acids is 1. The Morgan fingerprint density at radius 2 is 1.96 bits per heavy atom. The van der Waals surface area contributed by atoms with Gasteiger partial charge in [-0.05, 0) is 24.3 Å². The number of hydrazine groups is 1. The highest BCUT2D eigenvalue weighted by molar-refractivity contribution is 5.89. The minimum absolute atomic E-state index is 0.279. The molecule has 1 aliphatic heterocycles. The highest BCUT2D eigenvalue weighted by Crippen LogP contribution is 2.30. The molecule has 3 rings (SSSR count). The highest BCUT2D eigenvalue weighted by atomic mass is 16.5. The van der Waals surface area contributed by atoms with Crippen molar-refractivity contribution >= 4 is 11.9 Å². The quantitative estimate of drug-likeness (QED) is 0.490. The Kier molecular flexibility index (Phi) is 4.57. The molecule has 0 fully saturated rings. The molecule has 1 unspecified atom stereocenters. The molecule has 0 radical (unpaired) electrons. The van der Waals surface area contributed by atoms with Gasteiger partial charge >= 0.3 is 5.97 Å². The van der Waals surface area contributed by atoms with Crippen LogP contribution in [0.25, 0.3) is 11.4 Å². The predicted molar refractivity (Wildman–Crippen MR) is 89.7 cm³/mol. The molecule has 0 bridgehead atoms. The first-order valence-corrected chi connectivity index (χ1v) is 7.51. The van der Waals surface area contributed by atoms with Crippen LogP contribution in [0.4, 0.5) is 5.95 Å². The molecule has 1 aromatic carbocycles. The van der Waals surface area contributed by atoms with Crippen molar-refractivity contribution in [3.8, 4) is 17.1 Å². The number of methoxy groups -OCH3 is 3. The Bertz CT molecular complexity index is 799. The van der Waals surface area contributed by atoms with E-state index in [0.29, 0.717) is 11.8 Å². The number of esters is 1. The molecule has 0 saturated carbocycles. The van der Waals surface area contributed by atoms with Crippen molar-refractivity contribution in [1.82, 2.24) is 20.2 Å². The molecular formula is C16H19N5O4. The van der Waals surface area contributed by atoms with Crippen molar-refractivity contribution < 1.29 is 19.0 Å². The van der Waals surface area contributed by atoms with Gasteiger partial charge in [-0.15, -0.1) is 5.10 Å². The molecule has 1 N–H and O–H groups in total. The molecule has 1 aliphatic rings. The number of nitrogens with zero attached hydrogens (tertiary/aromatic N) is 4. The van der Waals surface area contributed by atoms with Gasteiger partial charge in [-0.2, -0.15) is 4.98 Å². The van der Waals surface area contributed by atoms with Crippen molar-refractivity contribution in [2.45, 2.75) is 6.17 Å². The largest absolute Gasteiger partial charge is 0.504 e. The highest BCUT2D eigenvalue weighted by Gasteiger charge is 2.35. The summed E-state index contributed by atoms with van der Waals surface area (Å²) in [5.41, 5.74) is 4.22. The second kappa shape index (κ2) is 6.81. The fraction of sp³-hybridized carbons (Fsp3) is 0.312. The van der Waals surface area contributed by atoms with Crippen LogP contribution in [0.15, 0.2) is 36.1 Å². The molecule has 0 amide bonds. The number of carbonyl (C=O) groups is 1. The predicted octanol–water partition coefficient (Wildman–Crippen LogP) is 1.11. The maximum Gasteiger partial charge on any atom is 0.340 e. The average molecular weight is 345 g/mol. The first-order chi connectivity index (χ1) is 12.1. The zero-order valence-corrected chi connectivity index (χ0v) is 14.4. The van der Waals surface area contributed by atoms with Gasteiger partial charge in [-0.25, -0.2) is 14.9 Å². The topological polar surface area (TPSA) is 90.7 Å². The van der Waals surface area contributed by atoms with E-state index in [9.17, 15) is 4.79 Å². The van der Waals surface area contributed by atoms with E-state index in [1.165, 1.54) is 20.5 Å². The monoisotopic (exact) mass is 345 g/mol. The van der Waals surface area contributed by atoms with Gasteiger partial charge < -0.3 is 14.2 Å². The molecule has 1 atom stereocenters. The number of hydrogen-bond acceptors (Lipinski definition) is 8. The zero-order chi connectivity index (χ0) is 18.0. The van der Waals surface area contributed by atoms with Gasteiger partial charge in [0.2, 0.25) is 5.95 Å². The van der Waals surface area contributed by atoms with Crippen LogP contribution in [0.1, 0.15) is 6.17 Å². The molecule has 1 aromatic heterocycles. The van der Waals surface area contributed by atoms with Gasteiger partial charge in [0.1, 0.15) is 11.3 Å². The van der Waals surface area contributed by atoms with Crippen molar-refractivity contribution in [2.75, 3.05) is 33.4 Å². The first kappa shape index (κ1) is 16.8. The Morgan fingerprint density at radius 1 is 1.24 bits per heavy atom. The molecule has 132 valence electrons. The van der Waals surface area contributed by atoms with Crippen LogP contribution >= 0.6 is 0 Å². The fourth-order valence-electron chi connectivity index (χ4n) is 2.55. The first-order valence-electron chi connectivity index (χ1n) is 7.51. The van der Waals surface area contributed by atoms with Gasteiger partial charge in [-0.1, -0.05) is 0 Å². The Morgan fingerprint density at radius 3 is 2.56 bits per heavy atom. The molecule has 0 saturated heterocycles. The van der Waals surface area contributed by atoms with Crippen LogP contribution in [0, 0.1) is 0 Å². The number of aromatic nitrogens is 3. The molecule has 2 heterocycles. The van der Waals surface area contributed by atoms with Crippen LogP contribution in [0.2, 0.25) is 0 Å². The Hall–Kier alpha value is -3.07. The number of rotatable bonds is 5. The lowest BCUT2D eigenvalue weighted by molar-refractivity contribution is -0.136. The van der Waals surface area contributed by atoms with Gasteiger partial charge in [0, 0.05) is 12.6 Å². The summed E-state index contributed by atoms with van der Waals surface area (Å²) in [6.07, 6.45) is 0.758. The third-order valence-electron chi connectivity index (χ3n) is 3.78. The summed E-state index contributed by atoms with van der Waals surface area (Å²) in [6, 6.07) is 7.42. The maximum absolute atomic E-state index is 12.0. The van der Waals surface area contributed by atoms with Crippen LogP contribution in [0.3, 0.4) is 0 Å². The standard InChI is InChI=1S/C16H19N5O4/c1-20-16-17-13(10-5-7-11(24-3)8-6-10)18-21(16)14(19-20)12(9-23-2)15(22)25-4/h5-9,14,19H,1-4H3/b12-9+. The lowest BCUT2D eigenvalue weighted by atomic mass is 10.2. The third kappa shape index (κ3) is 3.01. The van der Waals surface area contributed by atoms with Crippen LogP contribution in [0.5, 0.6) is 5.75 Å². The summed E-state index contributed by atoms with van der Waals surface area (Å²) in [7, 11) is 6.18. The van der Waals surface area contributed by atoms with Crippen molar-refractivity contribution in [3.63, 3.8) is 0 Å². The summed E-state index contributed by atoms with van der Waals surface area (Å²) in [5.74, 6) is 1.35. The minimum Gasteiger partial charge on any atom is -0.504 e. The van der Waals surface area contributed by atoms with Gasteiger partial charge in [-0.3, -0.25) is 5.01 Å². The van der Waals surface area contributed by atoms with E-state index in [-0.39, 0.29) is 5.57 Å². The molecule has 9 nitrogen and oxygen atoms in total. The van der Waals surface area contributed by atoms with E-state index in [1.807, 2.05) is 24.3 Å². The van der Waals surface area contributed by atoms with Crippen LogP contribution in [-0.4, -0.2) is 49.1 Å². The van der Waals surface area contributed by atoms with Crippen LogP contribution < -0.4 is 15.2 Å². The molecule has 0 spiro atoms. The second-order valence-electron chi connectivity index (χ2n) is 5.30. The number of hydrogen-bond donors (Lipinski definition) is 1. The summed E-state index contributed by atoms with van der Waals surface area (Å²) >= 11 is 0. The average Bonchev–Trinajstić information content (AvgIpc) is 3.20. The smallest absolute Gasteiger partial charge is 0.340 e. The number of fused-ring (bicyclic) bond motifs is 1. The fourth-order valence-corrected chi connectivity index (χ4v) is 2.55. The van der Waals surface area contributed by atoms with E-state index in [2.05, 4.69) is 15.5 Å². The second-order valence-corrected chi connectivity index (χ2v) is 5.30. The lowest BCUT2D eigenvalue weighted by Gasteiger charge is -2.15. The molecular weight excluding hydrogens is 326 g/mol. The Labute approximate surface area is 144 Å². The molecule has 25 heavy (non-hydrogen) atoms. The van der Waals surface area contributed by atoms with E-state index in [0.717, 1.165) is 11.3 Å². The molecule has 0 aliphatic carbocycles. The van der Waals surface area contributed by atoms with E-state index >= 15 is 0 Å². The Balaban J connectivity index is 1.98. The van der Waals surface area contributed by atoms with E-state index < -0.39 is 12.1 Å². The van der Waals surface area contributed by atoms with Crippen LogP contribution in [-0.2, 0) is 14.3 Å². The van der Waals surface area contributed by atoms with E-state index in [1.54, 1.807) is 23.8 Å². The zero-order valence-electron chi connectivity index (χ0n) is 14.4. The summed E-state index contributed by atoms with van der Waals surface area (Å²) < 4.78 is 16.6. The number of nitrogens with one attached hydrogen (secondary N) is 1. The van der Waals surface area contributed by atoms with Crippen molar-refractivity contribution in [1.29, 1.82) is 0 Å². The lowest BCUT2D eigenvalue weighted by Crippen LogP contribution is -2.34. The third-order valence-corrected chi connectivity index (χ3v) is 3.78. The normalized spacial score (nSPS) is 16.6. The van der Waals surface area contributed by atoms with Gasteiger partial charge in [0.25, 0.3) is 0 Å². The van der Waals surface area contributed by atoms with Gasteiger partial charge in [0.05, 0.1) is 27.6 Å². The number of anilines is 1. The van der Waals surface area contributed by atoms with Crippen molar-refractivity contribution in [3.05, 3.63) is 36.1 Å². The minimum atomic E-state index is -0.577. The maximum atomic E-state index is 12.0. The number of benzene rings is 1. The SMILES string of the molecule is CO/C=C(/C(=O)OC)C1NN(C)c2nc(-c3ccc(OC)cc3)nn21. The van der Waals surface area contributed by atoms with Crippen molar-refractivity contribution in [2.24, 2.45) is 0 Å². The molecule has 9 heteroatoms. The summed E-state index contributed by atoms with van der Waals surface area (Å²) in [6.45, 7) is 0. The summed E-state index contributed by atoms with van der Waals surface area (Å²) in [4.78, 5) is 16.6.